The van der Waals surface area contributed by atoms with Gasteiger partial charge in [-0.1, -0.05) is 42.5 Å². The third kappa shape index (κ3) is 4.15. The third-order valence-corrected chi connectivity index (χ3v) is 4.93. The van der Waals surface area contributed by atoms with Gasteiger partial charge in [-0.3, -0.25) is 0 Å². The van der Waals surface area contributed by atoms with Crippen molar-refractivity contribution in [2.24, 2.45) is 0 Å². The van der Waals surface area contributed by atoms with Crippen LogP contribution in [-0.2, 0) is 32.2 Å². The monoisotopic (exact) mass is 372 g/mol. The average Bonchev–Trinajstić information content (AvgIpc) is 3.16. The van der Waals surface area contributed by atoms with E-state index in [2.05, 4.69) is 0 Å². The molecule has 27 heavy (non-hydrogen) atoms. The number of benzene rings is 2. The molecule has 2 fully saturated rings. The maximum absolute atomic E-state index is 10.6. The number of fused-ring (bicyclic) bond motifs is 2. The predicted octanol–water partition coefficient (Wildman–Crippen LogP) is 2.28. The summed E-state index contributed by atoms with van der Waals surface area (Å²) in [6.07, 6.45) is -2.74. The predicted molar refractivity (Wildman–Crippen MR) is 97.2 cm³/mol. The Kier molecular flexibility index (Phi) is 5.71. The van der Waals surface area contributed by atoms with Crippen molar-refractivity contribution in [3.63, 3.8) is 0 Å². The normalized spacial score (nSPS) is 29.6. The van der Waals surface area contributed by atoms with E-state index in [-0.39, 0.29) is 6.10 Å². The SMILES string of the molecule is COc1ccc(CO[C@@H]2[C@@H](O)[C@H]3OC[C@@H](O3)[C@H]2OCc2ccccc2)cc1. The summed E-state index contributed by atoms with van der Waals surface area (Å²) >= 11 is 0. The molecule has 2 bridgehead atoms. The molecule has 0 aliphatic carbocycles. The topological polar surface area (TPSA) is 66.4 Å². The van der Waals surface area contributed by atoms with Gasteiger partial charge in [0.1, 0.15) is 30.2 Å². The van der Waals surface area contributed by atoms with Crippen LogP contribution in [0.2, 0.25) is 0 Å². The molecule has 4 rings (SSSR count). The van der Waals surface area contributed by atoms with E-state index >= 15 is 0 Å². The summed E-state index contributed by atoms with van der Waals surface area (Å²) < 4.78 is 28.6. The zero-order valence-corrected chi connectivity index (χ0v) is 15.2. The highest BCUT2D eigenvalue weighted by molar-refractivity contribution is 5.26. The van der Waals surface area contributed by atoms with Crippen LogP contribution in [0.4, 0.5) is 0 Å². The van der Waals surface area contributed by atoms with E-state index in [1.54, 1.807) is 7.11 Å². The van der Waals surface area contributed by atoms with Gasteiger partial charge in [-0.15, -0.1) is 0 Å². The van der Waals surface area contributed by atoms with Gasteiger partial charge in [0.15, 0.2) is 6.29 Å². The molecule has 2 aromatic carbocycles. The Balaban J connectivity index is 1.43. The Labute approximate surface area is 158 Å². The minimum atomic E-state index is -0.900. The summed E-state index contributed by atoms with van der Waals surface area (Å²) in [6.45, 7) is 1.17. The van der Waals surface area contributed by atoms with Crippen molar-refractivity contribution in [1.29, 1.82) is 0 Å². The molecule has 0 aromatic heterocycles. The van der Waals surface area contributed by atoms with Crippen LogP contribution >= 0.6 is 0 Å². The number of aliphatic hydroxyl groups excluding tert-OH is 1. The molecule has 0 radical (unpaired) electrons. The summed E-state index contributed by atoms with van der Waals surface area (Å²) in [4.78, 5) is 0. The van der Waals surface area contributed by atoms with Crippen LogP contribution in [0.5, 0.6) is 5.75 Å². The second-order valence-electron chi connectivity index (χ2n) is 6.75. The fourth-order valence-corrected chi connectivity index (χ4v) is 3.43. The summed E-state index contributed by atoms with van der Waals surface area (Å²) in [6, 6.07) is 17.6. The smallest absolute Gasteiger partial charge is 0.186 e. The van der Waals surface area contributed by atoms with Crippen molar-refractivity contribution < 1.29 is 28.8 Å². The van der Waals surface area contributed by atoms with E-state index in [4.69, 9.17) is 23.7 Å². The molecule has 0 unspecified atom stereocenters. The summed E-state index contributed by atoms with van der Waals surface area (Å²) in [5.41, 5.74) is 2.05. The van der Waals surface area contributed by atoms with Gasteiger partial charge in [0.25, 0.3) is 0 Å². The Morgan fingerprint density at radius 3 is 2.30 bits per heavy atom. The molecule has 2 aliphatic heterocycles. The molecule has 2 saturated heterocycles. The van der Waals surface area contributed by atoms with Gasteiger partial charge >= 0.3 is 0 Å². The van der Waals surface area contributed by atoms with Gasteiger partial charge in [-0.25, -0.2) is 0 Å². The van der Waals surface area contributed by atoms with Crippen LogP contribution < -0.4 is 4.74 Å². The van der Waals surface area contributed by atoms with E-state index in [0.717, 1.165) is 16.9 Å². The minimum Gasteiger partial charge on any atom is -0.497 e. The lowest BCUT2D eigenvalue weighted by molar-refractivity contribution is -0.254. The lowest BCUT2D eigenvalue weighted by Gasteiger charge is -2.38. The number of rotatable bonds is 7. The van der Waals surface area contributed by atoms with Crippen molar-refractivity contribution in [2.45, 2.75) is 43.9 Å². The first-order valence-electron chi connectivity index (χ1n) is 9.10. The Morgan fingerprint density at radius 1 is 0.926 bits per heavy atom. The van der Waals surface area contributed by atoms with Crippen molar-refractivity contribution in [3.8, 4) is 5.75 Å². The zero-order valence-electron chi connectivity index (χ0n) is 15.2. The molecule has 2 aromatic rings. The van der Waals surface area contributed by atoms with E-state index < -0.39 is 24.6 Å². The number of hydrogen-bond acceptors (Lipinski definition) is 6. The highest BCUT2D eigenvalue weighted by Crippen LogP contribution is 2.32. The largest absolute Gasteiger partial charge is 0.497 e. The van der Waals surface area contributed by atoms with Crippen molar-refractivity contribution in [2.75, 3.05) is 13.7 Å². The molecule has 5 atom stereocenters. The fraction of sp³-hybridized carbons (Fsp3) is 0.429. The molecular weight excluding hydrogens is 348 g/mol. The molecule has 0 saturated carbocycles. The second kappa shape index (κ2) is 8.37. The first-order chi connectivity index (χ1) is 13.2. The second-order valence-corrected chi connectivity index (χ2v) is 6.75. The van der Waals surface area contributed by atoms with Gasteiger partial charge in [-0.05, 0) is 23.3 Å². The number of methoxy groups -OCH3 is 1. The van der Waals surface area contributed by atoms with Crippen LogP contribution in [0.1, 0.15) is 11.1 Å². The quantitative estimate of drug-likeness (QED) is 0.804. The van der Waals surface area contributed by atoms with Gasteiger partial charge in [0.2, 0.25) is 0 Å². The zero-order chi connectivity index (χ0) is 18.6. The maximum Gasteiger partial charge on any atom is 0.186 e. The van der Waals surface area contributed by atoms with Crippen LogP contribution in [0.3, 0.4) is 0 Å². The van der Waals surface area contributed by atoms with E-state index in [1.165, 1.54) is 0 Å². The van der Waals surface area contributed by atoms with Crippen LogP contribution in [0.15, 0.2) is 54.6 Å². The van der Waals surface area contributed by atoms with Gasteiger partial charge in [-0.2, -0.15) is 0 Å². The molecule has 2 heterocycles. The summed E-state index contributed by atoms with van der Waals surface area (Å²) in [5.74, 6) is 0.792. The highest BCUT2D eigenvalue weighted by Gasteiger charge is 2.51. The standard InChI is InChI=1S/C21H24O6/c1-23-16-9-7-15(8-10-16)12-25-20-18(22)21-26-13-17(27-21)19(20)24-11-14-5-3-2-4-6-14/h2-10,17-22H,11-13H2,1H3/t17-,18-,19-,20-,21+/m1/s1. The highest BCUT2D eigenvalue weighted by atomic mass is 16.7. The van der Waals surface area contributed by atoms with E-state index in [1.807, 2.05) is 54.6 Å². The molecule has 0 spiro atoms. The van der Waals surface area contributed by atoms with Gasteiger partial charge < -0.3 is 28.8 Å². The summed E-state index contributed by atoms with van der Waals surface area (Å²) in [5, 5.41) is 10.6. The molecule has 6 heteroatoms. The van der Waals surface area contributed by atoms with Crippen molar-refractivity contribution >= 4 is 0 Å². The summed E-state index contributed by atoms with van der Waals surface area (Å²) in [7, 11) is 1.63. The average molecular weight is 372 g/mol. The minimum absolute atomic E-state index is 0.247. The van der Waals surface area contributed by atoms with Crippen molar-refractivity contribution in [3.05, 3.63) is 65.7 Å². The molecule has 1 N–H and O–H groups in total. The first kappa shape index (κ1) is 18.4. The number of aliphatic hydroxyl groups is 1. The molecule has 6 nitrogen and oxygen atoms in total. The van der Waals surface area contributed by atoms with Gasteiger partial charge in [0.05, 0.1) is 26.9 Å². The van der Waals surface area contributed by atoms with Crippen LogP contribution in [0.25, 0.3) is 0 Å². The lowest BCUT2D eigenvalue weighted by atomic mass is 10.0. The Bertz CT molecular complexity index is 719. The Morgan fingerprint density at radius 2 is 1.59 bits per heavy atom. The maximum atomic E-state index is 10.6. The van der Waals surface area contributed by atoms with Crippen LogP contribution in [-0.4, -0.2) is 49.5 Å². The van der Waals surface area contributed by atoms with E-state index in [0.29, 0.717) is 19.8 Å². The van der Waals surface area contributed by atoms with Gasteiger partial charge in [0, 0.05) is 0 Å². The molecule has 144 valence electrons. The number of hydrogen-bond donors (Lipinski definition) is 1. The fourth-order valence-electron chi connectivity index (χ4n) is 3.43. The first-order valence-corrected chi connectivity index (χ1v) is 9.10. The van der Waals surface area contributed by atoms with E-state index in [9.17, 15) is 5.11 Å². The van der Waals surface area contributed by atoms with Crippen molar-refractivity contribution in [1.82, 2.24) is 0 Å². The Hall–Kier alpha value is -1.96. The molecular formula is C21H24O6. The van der Waals surface area contributed by atoms with Crippen LogP contribution in [0, 0.1) is 0 Å². The third-order valence-electron chi connectivity index (χ3n) is 4.93. The number of ether oxygens (including phenoxy) is 5. The molecule has 2 aliphatic rings. The molecule has 0 amide bonds. The lowest BCUT2D eigenvalue weighted by Crippen LogP contribution is -2.55.